The third kappa shape index (κ3) is 12.4. The molecule has 1 aliphatic carbocycles. The molecular formula is C60H61N. The number of nitrogens with zero attached hydrogens (tertiary/aromatic N) is 1. The maximum atomic E-state index is 5.21. The molecule has 0 aromatic heterocycles. The summed E-state index contributed by atoms with van der Waals surface area (Å²) in [5.41, 5.74) is 14.9. The van der Waals surface area contributed by atoms with E-state index in [1.165, 1.54) is 66.1 Å². The lowest BCUT2D eigenvalue weighted by Gasteiger charge is -2.16. The van der Waals surface area contributed by atoms with Crippen LogP contribution in [0.15, 0.2) is 206 Å². The van der Waals surface area contributed by atoms with Crippen molar-refractivity contribution in [3.05, 3.63) is 250 Å². The molecule has 0 heterocycles. The summed E-state index contributed by atoms with van der Waals surface area (Å²) in [5, 5.41) is 4.72. The number of fused-ring (bicyclic) bond motifs is 1. The maximum absolute atomic E-state index is 5.21. The summed E-state index contributed by atoms with van der Waals surface area (Å²) in [6, 6.07) is 47.8. The zero-order valence-corrected chi connectivity index (χ0v) is 37.0. The lowest BCUT2D eigenvalue weighted by atomic mass is 9.89. The van der Waals surface area contributed by atoms with Crippen LogP contribution in [0.5, 0.6) is 0 Å². The molecule has 0 saturated heterocycles. The van der Waals surface area contributed by atoms with Crippen molar-refractivity contribution in [3.63, 3.8) is 0 Å². The van der Waals surface area contributed by atoms with Gasteiger partial charge in [0.05, 0.1) is 5.69 Å². The summed E-state index contributed by atoms with van der Waals surface area (Å²) in [7, 11) is 0. The molecule has 0 radical (unpaired) electrons. The van der Waals surface area contributed by atoms with Crippen molar-refractivity contribution in [2.75, 3.05) is 0 Å². The van der Waals surface area contributed by atoms with E-state index in [2.05, 4.69) is 205 Å². The first-order chi connectivity index (χ1) is 29.9. The molecule has 6 aromatic rings. The number of rotatable bonds is 11. The Balaban J connectivity index is 0.000000634. The van der Waals surface area contributed by atoms with Gasteiger partial charge in [0.1, 0.15) is 0 Å². The molecule has 0 saturated carbocycles. The van der Waals surface area contributed by atoms with Gasteiger partial charge in [-0.25, -0.2) is 0 Å². The van der Waals surface area contributed by atoms with Crippen molar-refractivity contribution >= 4 is 51.5 Å². The van der Waals surface area contributed by atoms with Crippen LogP contribution in [0.2, 0.25) is 0 Å². The highest BCUT2D eigenvalue weighted by Crippen LogP contribution is 2.34. The van der Waals surface area contributed by atoms with Crippen LogP contribution in [0.4, 0.5) is 5.69 Å². The van der Waals surface area contributed by atoms with Crippen molar-refractivity contribution in [2.45, 2.75) is 60.8 Å². The van der Waals surface area contributed by atoms with E-state index in [9.17, 15) is 0 Å². The fourth-order valence-corrected chi connectivity index (χ4v) is 7.57. The quantitative estimate of drug-likeness (QED) is 0.0915. The Morgan fingerprint density at radius 3 is 2.00 bits per heavy atom. The molecule has 0 amide bonds. The summed E-state index contributed by atoms with van der Waals surface area (Å²) < 4.78 is 0. The molecule has 1 aliphatic rings. The molecule has 0 N–H and O–H groups in total. The standard InChI is InChI=1S/C50H43N.C8H12.C2H6/c1-4-14-42-18-9-11-22-46(42)36(3)50-48-23-12-10-19-43(48)32-33-49(50)51-35-45-21-13-20-44(47(45)15-5-2)34-37-24-26-39(27-25-37)41-30-28-40(29-31-41)38-16-7-6-8-17-38;1-4-5-6-7-8(2)3;1-2/h4-28,30,32-33,35H,1,29,31,34H2,2-3H3;4-7H,1H2,2-3H3;1-2H3/b15-5-,42-14-,46-36+,51-35?;6-5-;. The van der Waals surface area contributed by atoms with Crippen molar-refractivity contribution in [2.24, 2.45) is 4.99 Å². The van der Waals surface area contributed by atoms with Crippen molar-refractivity contribution in [3.8, 4) is 0 Å². The predicted octanol–water partition coefficient (Wildman–Crippen LogP) is 15.4. The molecule has 0 bridgehead atoms. The molecular weight excluding hydrogens is 735 g/mol. The van der Waals surface area contributed by atoms with Crippen LogP contribution in [-0.2, 0) is 6.42 Å². The second-order valence-electron chi connectivity index (χ2n) is 15.0. The zero-order chi connectivity index (χ0) is 43.4. The SMILES string of the molecule is C=C/C=C\C=C(C)C.C=C/C=c1/cccc/c1=C(/C)c1c(N=Cc2cccc(Cc3ccc(C4=CC=C(c5ccccc5)CC4)cc3)c2/C=C\C)ccc2ccccc12.CC. The third-order valence-corrected chi connectivity index (χ3v) is 10.5. The number of aliphatic imine (C=N–C) groups is 1. The highest BCUT2D eigenvalue weighted by molar-refractivity contribution is 5.99. The van der Waals surface area contributed by atoms with Crippen molar-refractivity contribution in [1.82, 2.24) is 0 Å². The number of hydrogen-bond donors (Lipinski definition) is 0. The van der Waals surface area contributed by atoms with Crippen LogP contribution in [0.25, 0.3) is 39.6 Å². The molecule has 306 valence electrons. The van der Waals surface area contributed by atoms with Crippen LogP contribution in [0.3, 0.4) is 0 Å². The van der Waals surface area contributed by atoms with Gasteiger partial charge in [0.2, 0.25) is 0 Å². The van der Waals surface area contributed by atoms with Gasteiger partial charge in [-0.3, -0.25) is 4.99 Å². The molecule has 1 nitrogen and oxygen atoms in total. The highest BCUT2D eigenvalue weighted by atomic mass is 14.7. The fourth-order valence-electron chi connectivity index (χ4n) is 7.57. The molecule has 0 atom stereocenters. The first kappa shape index (κ1) is 45.3. The molecule has 61 heavy (non-hydrogen) atoms. The largest absolute Gasteiger partial charge is 0.256 e. The van der Waals surface area contributed by atoms with Crippen LogP contribution in [-0.4, -0.2) is 6.21 Å². The van der Waals surface area contributed by atoms with Gasteiger partial charge in [-0.2, -0.15) is 0 Å². The van der Waals surface area contributed by atoms with Gasteiger partial charge < -0.3 is 0 Å². The van der Waals surface area contributed by atoms with Gasteiger partial charge in [-0.15, -0.1) is 0 Å². The average molecular weight is 796 g/mol. The van der Waals surface area contributed by atoms with E-state index in [0.29, 0.717) is 0 Å². The highest BCUT2D eigenvalue weighted by Gasteiger charge is 2.13. The average Bonchev–Trinajstić information content (AvgIpc) is 3.30. The maximum Gasteiger partial charge on any atom is 0.0711 e. The summed E-state index contributed by atoms with van der Waals surface area (Å²) in [4.78, 5) is 5.21. The van der Waals surface area contributed by atoms with Gasteiger partial charge in [-0.05, 0) is 119 Å². The normalized spacial score (nSPS) is 13.2. The third-order valence-electron chi connectivity index (χ3n) is 10.5. The number of benzene rings is 6. The first-order valence-corrected chi connectivity index (χ1v) is 21.6. The second-order valence-corrected chi connectivity index (χ2v) is 15.0. The van der Waals surface area contributed by atoms with Gasteiger partial charge >= 0.3 is 0 Å². The zero-order valence-electron chi connectivity index (χ0n) is 37.0. The van der Waals surface area contributed by atoms with Gasteiger partial charge in [0, 0.05) is 17.3 Å². The lowest BCUT2D eigenvalue weighted by Crippen LogP contribution is -2.26. The molecule has 0 fully saturated rings. The van der Waals surface area contributed by atoms with Crippen LogP contribution < -0.4 is 10.4 Å². The minimum absolute atomic E-state index is 0.851. The summed E-state index contributed by atoms with van der Waals surface area (Å²) in [6.45, 7) is 19.9. The molecule has 0 spiro atoms. The minimum Gasteiger partial charge on any atom is -0.256 e. The Morgan fingerprint density at radius 2 is 1.33 bits per heavy atom. The van der Waals surface area contributed by atoms with Gasteiger partial charge in [0.25, 0.3) is 0 Å². The summed E-state index contributed by atoms with van der Waals surface area (Å²) in [6.07, 6.45) is 25.6. The number of hydrogen-bond acceptors (Lipinski definition) is 1. The minimum atomic E-state index is 0.851. The van der Waals surface area contributed by atoms with E-state index in [-0.39, 0.29) is 0 Å². The fraction of sp³-hybridized carbons (Fsp3) is 0.150. The molecule has 1 heteroatoms. The predicted molar refractivity (Wildman–Crippen MR) is 272 cm³/mol. The Morgan fingerprint density at radius 1 is 0.656 bits per heavy atom. The second kappa shape index (κ2) is 23.7. The molecule has 7 rings (SSSR count). The monoisotopic (exact) mass is 795 g/mol. The van der Waals surface area contributed by atoms with Crippen LogP contribution in [0, 0.1) is 0 Å². The molecule has 0 aliphatic heterocycles. The van der Waals surface area contributed by atoms with Crippen molar-refractivity contribution < 1.29 is 0 Å². The lowest BCUT2D eigenvalue weighted by molar-refractivity contribution is 1.07. The van der Waals surface area contributed by atoms with E-state index < -0.39 is 0 Å². The molecule has 0 unspecified atom stereocenters. The van der Waals surface area contributed by atoms with Crippen molar-refractivity contribution in [1.29, 1.82) is 0 Å². The molecule has 6 aromatic carbocycles. The van der Waals surface area contributed by atoms with Gasteiger partial charge in [0.15, 0.2) is 0 Å². The topological polar surface area (TPSA) is 12.4 Å². The van der Waals surface area contributed by atoms with E-state index >= 15 is 0 Å². The van der Waals surface area contributed by atoms with E-state index in [1.54, 1.807) is 6.08 Å². The van der Waals surface area contributed by atoms with Gasteiger partial charge in [-0.1, -0.05) is 221 Å². The number of allylic oxidation sites excluding steroid dienone is 11. The van der Waals surface area contributed by atoms with Crippen LogP contribution in [0.1, 0.15) is 93.3 Å². The Bertz CT molecular complexity index is 2720. The summed E-state index contributed by atoms with van der Waals surface area (Å²) in [5.74, 6) is 0. The van der Waals surface area contributed by atoms with Crippen LogP contribution >= 0.6 is 0 Å². The first-order valence-electron chi connectivity index (χ1n) is 21.6. The smallest absolute Gasteiger partial charge is 0.0711 e. The Kier molecular flexibility index (Phi) is 17.6. The summed E-state index contributed by atoms with van der Waals surface area (Å²) >= 11 is 0. The Hall–Kier alpha value is -6.83. The van der Waals surface area contributed by atoms with E-state index in [0.717, 1.165) is 41.3 Å². The Labute approximate surface area is 366 Å². The van der Waals surface area contributed by atoms with E-state index in [4.69, 9.17) is 4.99 Å². The van der Waals surface area contributed by atoms with E-state index in [1.807, 2.05) is 44.4 Å².